The first kappa shape index (κ1) is 11.4. The number of H-pyrrole nitrogens is 1. The van der Waals surface area contributed by atoms with Crippen molar-refractivity contribution in [3.05, 3.63) is 59.2 Å². The monoisotopic (exact) mass is 233 g/mol. The van der Waals surface area contributed by atoms with E-state index in [1.54, 1.807) is 30.5 Å². The summed E-state index contributed by atoms with van der Waals surface area (Å²) < 4.78 is 13.3. The minimum absolute atomic E-state index is 0.161. The molecule has 0 saturated carbocycles. The van der Waals surface area contributed by atoms with E-state index in [1.807, 2.05) is 0 Å². The number of carboxylic acid groups (broad SMARTS) is 1. The third-order valence-electron chi connectivity index (χ3n) is 2.61. The molecule has 0 aliphatic carbocycles. The highest BCUT2D eigenvalue weighted by Crippen LogP contribution is 2.12. The summed E-state index contributed by atoms with van der Waals surface area (Å²) in [6, 6.07) is 8.17. The predicted molar refractivity (Wildman–Crippen MR) is 61.6 cm³/mol. The average molecular weight is 233 g/mol. The number of carbonyl (C=O) groups is 1. The van der Waals surface area contributed by atoms with Gasteiger partial charge in [0.2, 0.25) is 0 Å². The number of aryl methyl sites for hydroxylation is 2. The fourth-order valence-electron chi connectivity index (χ4n) is 1.69. The Bertz CT molecular complexity index is 534. The van der Waals surface area contributed by atoms with Gasteiger partial charge in [0.15, 0.2) is 0 Å². The molecule has 0 saturated heterocycles. The summed E-state index contributed by atoms with van der Waals surface area (Å²) in [6.07, 6.45) is 2.82. The number of halogens is 1. The van der Waals surface area contributed by atoms with Crippen LogP contribution in [0.4, 0.5) is 4.39 Å². The van der Waals surface area contributed by atoms with Gasteiger partial charge in [0.05, 0.1) is 0 Å². The van der Waals surface area contributed by atoms with Crippen molar-refractivity contribution in [1.82, 2.24) is 4.98 Å². The Morgan fingerprint density at radius 2 is 2.06 bits per heavy atom. The summed E-state index contributed by atoms with van der Waals surface area (Å²) in [6.45, 7) is 0. The Labute approximate surface area is 97.9 Å². The molecular formula is C13H12FNO2. The zero-order valence-electron chi connectivity index (χ0n) is 9.11. The molecule has 0 atom stereocenters. The van der Waals surface area contributed by atoms with E-state index >= 15 is 0 Å². The zero-order valence-corrected chi connectivity index (χ0v) is 9.11. The minimum atomic E-state index is -0.984. The van der Waals surface area contributed by atoms with Crippen molar-refractivity contribution in [2.24, 2.45) is 0 Å². The second-order valence-corrected chi connectivity index (χ2v) is 3.82. The molecule has 1 aromatic carbocycles. The number of nitrogens with one attached hydrogen (secondary N) is 1. The molecule has 0 bridgehead atoms. The van der Waals surface area contributed by atoms with E-state index in [4.69, 9.17) is 5.11 Å². The zero-order chi connectivity index (χ0) is 12.3. The number of carboxylic acids is 1. The van der Waals surface area contributed by atoms with Gasteiger partial charge in [0.25, 0.3) is 0 Å². The van der Waals surface area contributed by atoms with Crippen molar-refractivity contribution in [2.75, 3.05) is 0 Å². The highest BCUT2D eigenvalue weighted by molar-refractivity contribution is 5.85. The molecule has 3 nitrogen and oxygen atoms in total. The van der Waals surface area contributed by atoms with Crippen LogP contribution in [0.2, 0.25) is 0 Å². The molecular weight excluding hydrogens is 221 g/mol. The maximum atomic E-state index is 13.3. The predicted octanol–water partition coefficient (Wildman–Crippen LogP) is 2.64. The Balaban J connectivity index is 2.02. The van der Waals surface area contributed by atoms with Gasteiger partial charge in [0.1, 0.15) is 11.5 Å². The minimum Gasteiger partial charge on any atom is -0.477 e. The van der Waals surface area contributed by atoms with E-state index < -0.39 is 5.97 Å². The van der Waals surface area contributed by atoms with E-state index in [1.165, 1.54) is 6.07 Å². The lowest BCUT2D eigenvalue weighted by molar-refractivity contribution is 0.0691. The summed E-state index contributed by atoms with van der Waals surface area (Å²) in [4.78, 5) is 13.3. The number of aromatic nitrogens is 1. The summed E-state index contributed by atoms with van der Waals surface area (Å²) >= 11 is 0. The SMILES string of the molecule is O=C(O)c1cc(CCc2ccccc2F)c[nH]1. The normalized spacial score (nSPS) is 10.4. The van der Waals surface area contributed by atoms with Crippen LogP contribution >= 0.6 is 0 Å². The molecule has 0 radical (unpaired) electrons. The van der Waals surface area contributed by atoms with Gasteiger partial charge >= 0.3 is 5.97 Å². The molecule has 17 heavy (non-hydrogen) atoms. The van der Waals surface area contributed by atoms with Gasteiger partial charge in [-0.15, -0.1) is 0 Å². The van der Waals surface area contributed by atoms with Crippen LogP contribution in [0, 0.1) is 5.82 Å². The van der Waals surface area contributed by atoms with Crippen molar-refractivity contribution < 1.29 is 14.3 Å². The number of aromatic carboxylic acids is 1. The summed E-state index contributed by atoms with van der Waals surface area (Å²) in [5.74, 6) is -1.20. The third kappa shape index (κ3) is 2.72. The number of hydrogen-bond donors (Lipinski definition) is 2. The lowest BCUT2D eigenvalue weighted by atomic mass is 10.1. The number of rotatable bonds is 4. The Hall–Kier alpha value is -2.10. The van der Waals surface area contributed by atoms with Gasteiger partial charge in [-0.05, 0) is 36.1 Å². The summed E-state index contributed by atoms with van der Waals surface area (Å²) in [7, 11) is 0. The molecule has 88 valence electrons. The molecule has 0 aliphatic rings. The van der Waals surface area contributed by atoms with E-state index in [2.05, 4.69) is 4.98 Å². The Morgan fingerprint density at radius 1 is 1.29 bits per heavy atom. The Morgan fingerprint density at radius 3 is 2.71 bits per heavy atom. The van der Waals surface area contributed by atoms with Crippen molar-refractivity contribution in [3.63, 3.8) is 0 Å². The lowest BCUT2D eigenvalue weighted by Gasteiger charge is -2.00. The highest BCUT2D eigenvalue weighted by atomic mass is 19.1. The van der Waals surface area contributed by atoms with Crippen LogP contribution in [0.3, 0.4) is 0 Å². The molecule has 2 aromatic rings. The molecule has 0 fully saturated rings. The molecule has 0 spiro atoms. The number of hydrogen-bond acceptors (Lipinski definition) is 1. The van der Waals surface area contributed by atoms with Crippen LogP contribution < -0.4 is 0 Å². The van der Waals surface area contributed by atoms with Crippen LogP contribution in [0.5, 0.6) is 0 Å². The fourth-order valence-corrected chi connectivity index (χ4v) is 1.69. The van der Waals surface area contributed by atoms with Gasteiger partial charge in [-0.2, -0.15) is 0 Å². The van der Waals surface area contributed by atoms with Crippen LogP contribution in [-0.2, 0) is 12.8 Å². The smallest absolute Gasteiger partial charge is 0.352 e. The van der Waals surface area contributed by atoms with Gasteiger partial charge in [-0.3, -0.25) is 0 Å². The quantitative estimate of drug-likeness (QED) is 0.852. The first-order chi connectivity index (χ1) is 8.16. The van der Waals surface area contributed by atoms with Crippen molar-refractivity contribution >= 4 is 5.97 Å². The second-order valence-electron chi connectivity index (χ2n) is 3.82. The van der Waals surface area contributed by atoms with E-state index in [0.717, 1.165) is 5.56 Å². The van der Waals surface area contributed by atoms with Gasteiger partial charge < -0.3 is 10.1 Å². The van der Waals surface area contributed by atoms with Crippen LogP contribution in [0.1, 0.15) is 21.6 Å². The van der Waals surface area contributed by atoms with Gasteiger partial charge in [0, 0.05) is 6.20 Å². The van der Waals surface area contributed by atoms with Crippen LogP contribution in [-0.4, -0.2) is 16.1 Å². The van der Waals surface area contributed by atoms with Crippen LogP contribution in [0.25, 0.3) is 0 Å². The van der Waals surface area contributed by atoms with Crippen molar-refractivity contribution in [1.29, 1.82) is 0 Å². The summed E-state index contributed by atoms with van der Waals surface area (Å²) in [5, 5.41) is 8.74. The molecule has 0 aliphatic heterocycles. The largest absolute Gasteiger partial charge is 0.477 e. The average Bonchev–Trinajstić information content (AvgIpc) is 2.77. The van der Waals surface area contributed by atoms with Crippen molar-refractivity contribution in [2.45, 2.75) is 12.8 Å². The Kier molecular flexibility index (Phi) is 3.23. The molecule has 1 aromatic heterocycles. The maximum Gasteiger partial charge on any atom is 0.352 e. The first-order valence-electron chi connectivity index (χ1n) is 5.31. The fraction of sp³-hybridized carbons (Fsp3) is 0.154. The molecule has 2 N–H and O–H groups in total. The first-order valence-corrected chi connectivity index (χ1v) is 5.31. The van der Waals surface area contributed by atoms with Gasteiger partial charge in [-0.25, -0.2) is 9.18 Å². The van der Waals surface area contributed by atoms with E-state index in [9.17, 15) is 9.18 Å². The molecule has 4 heteroatoms. The number of aromatic amines is 1. The topological polar surface area (TPSA) is 53.1 Å². The molecule has 0 amide bonds. The highest BCUT2D eigenvalue weighted by Gasteiger charge is 2.07. The maximum absolute atomic E-state index is 13.3. The number of benzene rings is 1. The van der Waals surface area contributed by atoms with Gasteiger partial charge in [-0.1, -0.05) is 18.2 Å². The standard InChI is InChI=1S/C13H12FNO2/c14-11-4-2-1-3-10(11)6-5-9-7-12(13(16)17)15-8-9/h1-4,7-8,15H,5-6H2,(H,16,17). The molecule has 0 unspecified atom stereocenters. The third-order valence-corrected chi connectivity index (χ3v) is 2.61. The van der Waals surface area contributed by atoms with Crippen molar-refractivity contribution in [3.8, 4) is 0 Å². The van der Waals surface area contributed by atoms with Crippen LogP contribution in [0.15, 0.2) is 36.5 Å². The summed E-state index contributed by atoms with van der Waals surface area (Å²) in [5.41, 5.74) is 1.67. The lowest BCUT2D eigenvalue weighted by Crippen LogP contribution is -1.95. The second kappa shape index (κ2) is 4.82. The van der Waals surface area contributed by atoms with E-state index in [0.29, 0.717) is 18.4 Å². The van der Waals surface area contributed by atoms with E-state index in [-0.39, 0.29) is 11.5 Å². The molecule has 2 rings (SSSR count). The molecule has 1 heterocycles.